The van der Waals surface area contributed by atoms with Crippen LogP contribution in [0.1, 0.15) is 36.2 Å². The van der Waals surface area contributed by atoms with Crippen LogP contribution in [0.3, 0.4) is 0 Å². The minimum atomic E-state index is -1.04. The van der Waals surface area contributed by atoms with E-state index in [1.165, 1.54) is 13.8 Å². The summed E-state index contributed by atoms with van der Waals surface area (Å²) in [6.07, 6.45) is 4.29. The molecule has 0 unspecified atom stereocenters. The maximum Gasteiger partial charge on any atom is 0.329 e. The number of carbonyl (C=O) groups excluding carboxylic acids is 4. The molecule has 0 radical (unpaired) electrons. The number of aryl methyl sites for hydroxylation is 1. The molecule has 1 aromatic rings. The van der Waals surface area contributed by atoms with Gasteiger partial charge in [-0.05, 0) is 50.9 Å². The third kappa shape index (κ3) is 2.69. The third-order valence-corrected chi connectivity index (χ3v) is 7.42. The van der Waals surface area contributed by atoms with Crippen molar-refractivity contribution in [2.45, 2.75) is 39.3 Å². The Labute approximate surface area is 175 Å². The number of allylic oxidation sites excluding steroid dienone is 2. The van der Waals surface area contributed by atoms with Gasteiger partial charge in [0.25, 0.3) is 0 Å². The summed E-state index contributed by atoms with van der Waals surface area (Å²) >= 11 is 0. The molecule has 6 rings (SSSR count). The highest BCUT2D eigenvalue weighted by atomic mass is 16.5. The summed E-state index contributed by atoms with van der Waals surface area (Å²) in [6.45, 7) is 4.94. The number of benzene rings is 1. The zero-order valence-corrected chi connectivity index (χ0v) is 17.3. The first kappa shape index (κ1) is 19.2. The van der Waals surface area contributed by atoms with E-state index < -0.39 is 18.1 Å². The molecule has 6 nitrogen and oxygen atoms in total. The molecule has 1 heterocycles. The van der Waals surface area contributed by atoms with Crippen LogP contribution < -0.4 is 0 Å². The van der Waals surface area contributed by atoms with Gasteiger partial charge in [0.1, 0.15) is 6.04 Å². The molecular weight excluding hydrogens is 382 g/mol. The Hall–Kier alpha value is -2.76. The maximum atomic E-state index is 13.1. The Bertz CT molecular complexity index is 944. The van der Waals surface area contributed by atoms with Crippen molar-refractivity contribution in [1.29, 1.82) is 0 Å². The standard InChI is InChI=1S/C24H25NO5/c1-11-4-6-14(7-5-11)21(26)13(3)30-24(29)12(2)25-22(27)19-15-8-9-16(18-10-17(15)18)20(19)23(25)28/h4-9,12-13,15-20H,10H2,1-3H3/t12-,13+,15-,16-,17-,18+,19+,20+/m1/s1. The Kier molecular flexibility index (Phi) is 4.24. The molecule has 3 fully saturated rings. The van der Waals surface area contributed by atoms with E-state index >= 15 is 0 Å². The fourth-order valence-electron chi connectivity index (χ4n) is 5.75. The van der Waals surface area contributed by atoms with Gasteiger partial charge in [-0.3, -0.25) is 19.3 Å². The van der Waals surface area contributed by atoms with Gasteiger partial charge < -0.3 is 4.74 Å². The van der Waals surface area contributed by atoms with E-state index in [1.54, 1.807) is 12.1 Å². The topological polar surface area (TPSA) is 80.8 Å². The zero-order valence-electron chi connectivity index (χ0n) is 17.3. The molecule has 2 amide bonds. The molecule has 8 atom stereocenters. The first-order chi connectivity index (χ1) is 14.3. The molecule has 1 saturated heterocycles. The van der Waals surface area contributed by atoms with Gasteiger partial charge >= 0.3 is 5.97 Å². The second-order valence-electron chi connectivity index (χ2n) is 9.19. The minimum Gasteiger partial charge on any atom is -0.453 e. The highest BCUT2D eigenvalue weighted by Crippen LogP contribution is 2.65. The molecule has 1 aromatic carbocycles. The predicted molar refractivity (Wildman–Crippen MR) is 107 cm³/mol. The van der Waals surface area contributed by atoms with Crippen molar-refractivity contribution >= 4 is 23.6 Å². The zero-order chi connectivity index (χ0) is 21.3. The van der Waals surface area contributed by atoms with E-state index in [2.05, 4.69) is 12.2 Å². The Morgan fingerprint density at radius 2 is 1.50 bits per heavy atom. The number of esters is 1. The SMILES string of the molecule is Cc1ccc(C(=O)[C@H](C)OC(=O)[C@@H](C)N2C(=O)[C@H]3[C@@H]4C=C[C@H]([C@@H]5C[C@H]45)[C@@H]3C2=O)cc1. The lowest BCUT2D eigenvalue weighted by atomic mass is 9.63. The van der Waals surface area contributed by atoms with Crippen LogP contribution in [-0.4, -0.2) is 40.6 Å². The normalized spacial score (nSPS) is 35.0. The van der Waals surface area contributed by atoms with Crippen molar-refractivity contribution in [3.63, 3.8) is 0 Å². The van der Waals surface area contributed by atoms with Gasteiger partial charge in [-0.15, -0.1) is 0 Å². The number of ether oxygens (including phenoxy) is 1. The van der Waals surface area contributed by atoms with Crippen molar-refractivity contribution in [3.8, 4) is 0 Å². The van der Waals surface area contributed by atoms with Crippen LogP contribution in [0.15, 0.2) is 36.4 Å². The second-order valence-corrected chi connectivity index (χ2v) is 9.19. The van der Waals surface area contributed by atoms with E-state index in [0.717, 1.165) is 16.9 Å². The number of amides is 2. The van der Waals surface area contributed by atoms with Gasteiger partial charge in [-0.2, -0.15) is 0 Å². The lowest BCUT2D eigenvalue weighted by molar-refractivity contribution is -0.160. The number of rotatable bonds is 5. The second kappa shape index (κ2) is 6.62. The van der Waals surface area contributed by atoms with Gasteiger partial charge in [0.15, 0.2) is 6.10 Å². The monoisotopic (exact) mass is 407 g/mol. The quantitative estimate of drug-likeness (QED) is 0.324. The van der Waals surface area contributed by atoms with Crippen LogP contribution in [-0.2, 0) is 19.1 Å². The molecule has 2 saturated carbocycles. The van der Waals surface area contributed by atoms with Gasteiger partial charge in [0.05, 0.1) is 11.8 Å². The molecule has 1 aliphatic heterocycles. The summed E-state index contributed by atoms with van der Waals surface area (Å²) in [5.41, 5.74) is 1.48. The smallest absolute Gasteiger partial charge is 0.329 e. The minimum absolute atomic E-state index is 0.108. The van der Waals surface area contributed by atoms with E-state index in [1.807, 2.05) is 19.1 Å². The summed E-state index contributed by atoms with van der Waals surface area (Å²) < 4.78 is 5.37. The van der Waals surface area contributed by atoms with E-state index in [0.29, 0.717) is 17.4 Å². The van der Waals surface area contributed by atoms with Crippen molar-refractivity contribution in [1.82, 2.24) is 4.90 Å². The molecule has 0 aromatic heterocycles. The van der Waals surface area contributed by atoms with Crippen LogP contribution in [0.25, 0.3) is 0 Å². The fourth-order valence-corrected chi connectivity index (χ4v) is 5.75. The number of hydrogen-bond acceptors (Lipinski definition) is 5. The molecule has 2 bridgehead atoms. The number of nitrogens with zero attached hydrogens (tertiary/aromatic N) is 1. The summed E-state index contributed by atoms with van der Waals surface area (Å²) in [4.78, 5) is 52.6. The molecular formula is C24H25NO5. The van der Waals surface area contributed by atoms with Crippen LogP contribution in [0, 0.1) is 42.4 Å². The number of ketones is 1. The van der Waals surface area contributed by atoms with Crippen LogP contribution in [0.2, 0.25) is 0 Å². The number of likely N-dealkylation sites (tertiary alicyclic amines) is 1. The molecule has 0 N–H and O–H groups in total. The van der Waals surface area contributed by atoms with Crippen LogP contribution >= 0.6 is 0 Å². The van der Waals surface area contributed by atoms with E-state index in [4.69, 9.17) is 4.74 Å². The Morgan fingerprint density at radius 1 is 0.967 bits per heavy atom. The van der Waals surface area contributed by atoms with Crippen molar-refractivity contribution in [3.05, 3.63) is 47.5 Å². The Balaban J connectivity index is 1.29. The van der Waals surface area contributed by atoms with Crippen molar-refractivity contribution in [2.75, 3.05) is 0 Å². The summed E-state index contributed by atoms with van der Waals surface area (Å²) in [7, 11) is 0. The average molecular weight is 407 g/mol. The number of hydrogen-bond donors (Lipinski definition) is 0. The predicted octanol–water partition coefficient (Wildman–Crippen LogP) is 2.55. The fraction of sp³-hybridized carbons (Fsp3) is 0.500. The van der Waals surface area contributed by atoms with Crippen molar-refractivity contribution < 1.29 is 23.9 Å². The van der Waals surface area contributed by atoms with Crippen LogP contribution in [0.5, 0.6) is 0 Å². The molecule has 156 valence electrons. The van der Waals surface area contributed by atoms with Gasteiger partial charge in [0.2, 0.25) is 17.6 Å². The maximum absolute atomic E-state index is 13.1. The lowest BCUT2D eigenvalue weighted by Crippen LogP contribution is -2.46. The van der Waals surface area contributed by atoms with E-state index in [-0.39, 0.29) is 41.3 Å². The first-order valence-electron chi connectivity index (χ1n) is 10.7. The summed E-state index contributed by atoms with van der Waals surface area (Å²) in [5.74, 6) is -1.04. The summed E-state index contributed by atoms with van der Waals surface area (Å²) in [5, 5.41) is 0. The highest BCUT2D eigenvalue weighted by molar-refractivity contribution is 6.09. The largest absolute Gasteiger partial charge is 0.453 e. The molecule has 30 heavy (non-hydrogen) atoms. The van der Waals surface area contributed by atoms with Gasteiger partial charge in [-0.25, -0.2) is 4.79 Å². The van der Waals surface area contributed by atoms with Gasteiger partial charge in [-0.1, -0.05) is 42.0 Å². The number of Topliss-reactive ketones (excluding diaryl/α,β-unsaturated/α-hetero) is 1. The summed E-state index contributed by atoms with van der Waals surface area (Å²) in [6, 6.07) is 5.98. The average Bonchev–Trinajstić information content (AvgIpc) is 3.51. The molecule has 0 spiro atoms. The number of carbonyl (C=O) groups is 4. The molecule has 6 heteroatoms. The molecule has 5 aliphatic rings. The van der Waals surface area contributed by atoms with Crippen LogP contribution in [0.4, 0.5) is 0 Å². The highest BCUT2D eigenvalue weighted by Gasteiger charge is 2.67. The lowest BCUT2D eigenvalue weighted by Gasteiger charge is -2.37. The van der Waals surface area contributed by atoms with Gasteiger partial charge in [0, 0.05) is 5.56 Å². The number of imide groups is 1. The van der Waals surface area contributed by atoms with Crippen molar-refractivity contribution in [2.24, 2.45) is 35.5 Å². The van der Waals surface area contributed by atoms with E-state index in [9.17, 15) is 19.2 Å². The Morgan fingerprint density at radius 3 is 2.03 bits per heavy atom. The third-order valence-electron chi connectivity index (χ3n) is 7.42. The molecule has 4 aliphatic carbocycles. The first-order valence-corrected chi connectivity index (χ1v) is 10.7.